The van der Waals surface area contributed by atoms with Gasteiger partial charge in [-0.05, 0) is 47.0 Å². The van der Waals surface area contributed by atoms with Gasteiger partial charge < -0.3 is 20.2 Å². The molecule has 0 aliphatic rings. The number of carboxylic acid groups (broad SMARTS) is 2. The van der Waals surface area contributed by atoms with Crippen LogP contribution in [0.2, 0.25) is 0 Å². The van der Waals surface area contributed by atoms with Gasteiger partial charge in [0.25, 0.3) is 0 Å². The Balaban J connectivity index is 1.48. The van der Waals surface area contributed by atoms with Gasteiger partial charge in [-0.1, -0.05) is 72.8 Å². The van der Waals surface area contributed by atoms with E-state index < -0.39 is 11.9 Å². The third-order valence-corrected chi connectivity index (χ3v) is 8.33. The highest BCUT2D eigenvalue weighted by Crippen LogP contribution is 2.41. The Morgan fingerprint density at radius 1 is 0.523 bits per heavy atom. The highest BCUT2D eigenvalue weighted by molar-refractivity contribution is 6.14. The Kier molecular flexibility index (Phi) is 5.61. The molecule has 0 unspecified atom stereocenters. The fraction of sp³-hybridized carbons (Fsp3) is 0. The van der Waals surface area contributed by atoms with E-state index in [0.29, 0.717) is 5.56 Å². The summed E-state index contributed by atoms with van der Waals surface area (Å²) in [5.74, 6) is -2.50. The molecule has 7 nitrogen and oxygen atoms in total. The van der Waals surface area contributed by atoms with Gasteiger partial charge in [-0.25, -0.2) is 9.59 Å². The lowest BCUT2D eigenvalue weighted by molar-refractivity contribution is 0.0696. The third-order valence-electron chi connectivity index (χ3n) is 8.33. The first kappa shape index (κ1) is 25.5. The predicted molar refractivity (Wildman–Crippen MR) is 173 cm³/mol. The van der Waals surface area contributed by atoms with Crippen LogP contribution in [0.4, 0.5) is 0 Å². The average molecular weight is 574 g/mol. The molecule has 210 valence electrons. The summed E-state index contributed by atoms with van der Waals surface area (Å²) >= 11 is 0. The van der Waals surface area contributed by atoms with Gasteiger partial charge in [-0.2, -0.15) is 0 Å². The number of hydrogen-bond acceptors (Lipinski definition) is 3. The minimum Gasteiger partial charge on any atom is -0.478 e. The molecule has 0 amide bonds. The van der Waals surface area contributed by atoms with E-state index in [0.717, 1.165) is 65.9 Å². The summed E-state index contributed by atoms with van der Waals surface area (Å²) < 4.78 is 0. The summed E-state index contributed by atoms with van der Waals surface area (Å²) in [6, 6.07) is 34.2. The summed E-state index contributed by atoms with van der Waals surface area (Å²) in [7, 11) is 0. The number of carboxylic acids is 2. The molecule has 0 bridgehead atoms. The lowest BCUT2D eigenvalue weighted by atomic mass is 9.89. The fourth-order valence-corrected chi connectivity index (χ4v) is 6.41. The Morgan fingerprint density at radius 2 is 0.955 bits per heavy atom. The lowest BCUT2D eigenvalue weighted by Gasteiger charge is -2.15. The maximum absolute atomic E-state index is 12.4. The number of fused-ring (bicyclic) bond motifs is 6. The van der Waals surface area contributed by atoms with E-state index in [2.05, 4.69) is 45.3 Å². The van der Waals surface area contributed by atoms with Crippen LogP contribution < -0.4 is 0 Å². The first-order valence-electron chi connectivity index (χ1n) is 14.1. The molecule has 0 aliphatic carbocycles. The summed E-state index contributed by atoms with van der Waals surface area (Å²) in [4.78, 5) is 35.8. The fourth-order valence-electron chi connectivity index (χ4n) is 6.41. The topological polar surface area (TPSA) is 119 Å². The third kappa shape index (κ3) is 3.87. The molecule has 4 N–H and O–H groups in total. The van der Waals surface area contributed by atoms with Gasteiger partial charge >= 0.3 is 11.9 Å². The zero-order chi connectivity index (χ0) is 29.9. The second-order valence-corrected chi connectivity index (χ2v) is 10.8. The van der Waals surface area contributed by atoms with Crippen molar-refractivity contribution in [3.8, 4) is 33.4 Å². The van der Waals surface area contributed by atoms with Crippen LogP contribution in [-0.2, 0) is 0 Å². The van der Waals surface area contributed by atoms with E-state index in [4.69, 9.17) is 0 Å². The van der Waals surface area contributed by atoms with Gasteiger partial charge in [0, 0.05) is 61.7 Å². The molecule has 0 spiro atoms. The number of aromatic nitrogens is 3. The molecule has 0 saturated heterocycles. The average Bonchev–Trinajstić information content (AvgIpc) is 3.62. The molecule has 7 heteroatoms. The van der Waals surface area contributed by atoms with Crippen LogP contribution in [0.15, 0.2) is 116 Å². The number of aromatic amines is 2. The predicted octanol–water partition coefficient (Wildman–Crippen LogP) is 8.75. The number of pyridine rings is 1. The molecule has 0 atom stereocenters. The smallest absolute Gasteiger partial charge is 0.337 e. The number of aromatic carboxylic acids is 2. The monoisotopic (exact) mass is 573 g/mol. The Hall–Kier alpha value is -6.21. The van der Waals surface area contributed by atoms with Crippen LogP contribution in [0.25, 0.3) is 77.0 Å². The van der Waals surface area contributed by atoms with Gasteiger partial charge in [0.1, 0.15) is 0 Å². The molecule has 0 aliphatic heterocycles. The molecule has 3 aromatic heterocycles. The number of nitrogens with zero attached hydrogens (tertiary/aromatic N) is 1. The standard InChI is InChI=1S/C37H23N3O4/c41-36(42)29-18-38-19-30(37(43)44)33(29)22-16-20(23-9-5-11-27-25-7-1-3-13-31(25)39-34(23)27)15-21(17-22)24-10-6-12-28-26-8-2-4-14-32(26)40-35(24)28/h1-19,39-40H,(H,41,42)(H,43,44). The Labute approximate surface area is 250 Å². The molecule has 0 radical (unpaired) electrons. The molecule has 44 heavy (non-hydrogen) atoms. The highest BCUT2D eigenvalue weighted by atomic mass is 16.4. The highest BCUT2D eigenvalue weighted by Gasteiger charge is 2.23. The summed E-state index contributed by atoms with van der Waals surface area (Å²) in [6.07, 6.45) is 2.40. The van der Waals surface area contributed by atoms with E-state index >= 15 is 0 Å². The molecule has 8 aromatic rings. The van der Waals surface area contributed by atoms with E-state index in [1.165, 1.54) is 12.4 Å². The quantitative estimate of drug-likeness (QED) is 0.164. The molecule has 0 saturated carbocycles. The number of H-pyrrole nitrogens is 2. The number of para-hydroxylation sites is 4. The SMILES string of the molecule is O=C(O)c1cncc(C(=O)O)c1-c1cc(-c2cccc3c2[nH]c2ccccc23)cc(-c2cccc3c2[nH]c2ccccc23)c1. The van der Waals surface area contributed by atoms with Gasteiger partial charge in [0.2, 0.25) is 0 Å². The molecule has 8 rings (SSSR count). The van der Waals surface area contributed by atoms with E-state index in [-0.39, 0.29) is 16.7 Å². The maximum atomic E-state index is 12.4. The summed E-state index contributed by atoms with van der Waals surface area (Å²) in [5.41, 5.74) is 7.54. The molecular weight excluding hydrogens is 550 g/mol. The largest absolute Gasteiger partial charge is 0.478 e. The lowest BCUT2D eigenvalue weighted by Crippen LogP contribution is -2.08. The van der Waals surface area contributed by atoms with Crippen molar-refractivity contribution in [3.63, 3.8) is 0 Å². The Morgan fingerprint density at radius 3 is 1.43 bits per heavy atom. The molecule has 3 heterocycles. The number of nitrogens with one attached hydrogen (secondary N) is 2. The van der Waals surface area contributed by atoms with Crippen molar-refractivity contribution in [2.45, 2.75) is 0 Å². The molecular formula is C37H23N3O4. The van der Waals surface area contributed by atoms with Crippen molar-refractivity contribution in [1.82, 2.24) is 15.0 Å². The van der Waals surface area contributed by atoms with Gasteiger partial charge in [-0.15, -0.1) is 0 Å². The van der Waals surface area contributed by atoms with Crippen molar-refractivity contribution in [1.29, 1.82) is 0 Å². The maximum Gasteiger partial charge on any atom is 0.337 e. The van der Waals surface area contributed by atoms with Crippen molar-refractivity contribution < 1.29 is 19.8 Å². The Bertz CT molecular complexity index is 2310. The minimum absolute atomic E-state index is 0.107. The molecule has 5 aromatic carbocycles. The number of carbonyl (C=O) groups is 2. The van der Waals surface area contributed by atoms with E-state index in [9.17, 15) is 19.8 Å². The summed E-state index contributed by atoms with van der Waals surface area (Å²) in [6.45, 7) is 0. The van der Waals surface area contributed by atoms with Crippen LogP contribution >= 0.6 is 0 Å². The first-order valence-corrected chi connectivity index (χ1v) is 14.1. The number of rotatable bonds is 5. The zero-order valence-corrected chi connectivity index (χ0v) is 23.1. The van der Waals surface area contributed by atoms with Crippen LogP contribution in [0.1, 0.15) is 20.7 Å². The van der Waals surface area contributed by atoms with Crippen LogP contribution in [-0.4, -0.2) is 37.1 Å². The van der Waals surface area contributed by atoms with Crippen LogP contribution in [0, 0.1) is 0 Å². The van der Waals surface area contributed by atoms with E-state index in [1.54, 1.807) is 0 Å². The molecule has 0 fully saturated rings. The van der Waals surface area contributed by atoms with Gasteiger partial charge in [-0.3, -0.25) is 4.98 Å². The number of hydrogen-bond donors (Lipinski definition) is 4. The first-order chi connectivity index (χ1) is 21.5. The minimum atomic E-state index is -1.25. The number of benzene rings is 5. The summed E-state index contributed by atoms with van der Waals surface area (Å²) in [5, 5.41) is 24.5. The van der Waals surface area contributed by atoms with Crippen LogP contribution in [0.3, 0.4) is 0 Å². The van der Waals surface area contributed by atoms with E-state index in [1.807, 2.05) is 72.8 Å². The van der Waals surface area contributed by atoms with Crippen molar-refractivity contribution >= 4 is 55.6 Å². The second kappa shape index (κ2) is 9.68. The van der Waals surface area contributed by atoms with Gasteiger partial charge in [0.05, 0.1) is 22.2 Å². The van der Waals surface area contributed by atoms with Gasteiger partial charge in [0.15, 0.2) is 0 Å². The zero-order valence-electron chi connectivity index (χ0n) is 23.1. The van der Waals surface area contributed by atoms with Crippen LogP contribution in [0.5, 0.6) is 0 Å². The van der Waals surface area contributed by atoms with Crippen molar-refractivity contribution in [2.75, 3.05) is 0 Å². The normalized spacial score (nSPS) is 11.5. The van der Waals surface area contributed by atoms with Crippen molar-refractivity contribution in [2.24, 2.45) is 0 Å². The van der Waals surface area contributed by atoms with Crippen molar-refractivity contribution in [3.05, 3.63) is 127 Å². The second-order valence-electron chi connectivity index (χ2n) is 10.8.